The summed E-state index contributed by atoms with van der Waals surface area (Å²) >= 11 is 1.17. The lowest BCUT2D eigenvalue weighted by Crippen LogP contribution is -2.35. The third kappa shape index (κ3) is 3.31. The van der Waals surface area contributed by atoms with Crippen LogP contribution in [-0.4, -0.2) is 33.5 Å². The minimum atomic E-state index is -0.950. The van der Waals surface area contributed by atoms with Crippen LogP contribution in [0.15, 0.2) is 53.9 Å². The molecule has 0 radical (unpaired) electrons. The normalized spacial score (nSPS) is 13.3. The first-order chi connectivity index (χ1) is 13.0. The average Bonchev–Trinajstić information content (AvgIpc) is 3.18. The van der Waals surface area contributed by atoms with E-state index in [9.17, 15) is 14.7 Å². The van der Waals surface area contributed by atoms with Gasteiger partial charge < -0.3 is 15.1 Å². The van der Waals surface area contributed by atoms with Crippen molar-refractivity contribution in [2.45, 2.75) is 13.0 Å². The summed E-state index contributed by atoms with van der Waals surface area (Å²) < 4.78 is 0. The van der Waals surface area contributed by atoms with Gasteiger partial charge in [0.05, 0.1) is 0 Å². The van der Waals surface area contributed by atoms with Crippen molar-refractivity contribution in [3.8, 4) is 16.9 Å². The van der Waals surface area contributed by atoms with E-state index < -0.39 is 5.97 Å². The number of carboxylic acids is 1. The van der Waals surface area contributed by atoms with Crippen LogP contribution in [0.2, 0.25) is 0 Å². The van der Waals surface area contributed by atoms with E-state index in [0.29, 0.717) is 25.1 Å². The second-order valence-corrected chi connectivity index (χ2v) is 7.39. The number of phenolic OH excluding ortho intramolecular Hbond substituents is 1. The van der Waals surface area contributed by atoms with Gasteiger partial charge in [-0.2, -0.15) is 0 Å². The zero-order chi connectivity index (χ0) is 19.0. The van der Waals surface area contributed by atoms with Crippen molar-refractivity contribution < 1.29 is 19.8 Å². The SMILES string of the molecule is O=C(O)c1cc(-c2cccc(C(=O)N3CCc4c(O)cccc4C3)c2)cs1. The zero-order valence-electron chi connectivity index (χ0n) is 14.4. The lowest BCUT2D eigenvalue weighted by atomic mass is 9.97. The number of aromatic hydroxyl groups is 1. The molecule has 0 aliphatic carbocycles. The van der Waals surface area contributed by atoms with Crippen LogP contribution in [0.25, 0.3) is 11.1 Å². The quantitative estimate of drug-likeness (QED) is 0.721. The summed E-state index contributed by atoms with van der Waals surface area (Å²) in [6.07, 6.45) is 0.625. The minimum Gasteiger partial charge on any atom is -0.508 e. The van der Waals surface area contributed by atoms with Crippen LogP contribution in [0, 0.1) is 0 Å². The molecule has 4 rings (SSSR count). The van der Waals surface area contributed by atoms with Crippen molar-refractivity contribution in [1.29, 1.82) is 0 Å². The second-order valence-electron chi connectivity index (χ2n) is 6.48. The maximum atomic E-state index is 13.0. The van der Waals surface area contributed by atoms with Crippen molar-refractivity contribution in [2.24, 2.45) is 0 Å². The van der Waals surface area contributed by atoms with E-state index in [0.717, 1.165) is 22.3 Å². The van der Waals surface area contributed by atoms with Gasteiger partial charge in [-0.1, -0.05) is 24.3 Å². The molecule has 5 nitrogen and oxygen atoms in total. The largest absolute Gasteiger partial charge is 0.508 e. The lowest BCUT2D eigenvalue weighted by molar-refractivity contribution is 0.0700. The number of aromatic carboxylic acids is 1. The van der Waals surface area contributed by atoms with Crippen molar-refractivity contribution in [2.75, 3.05) is 6.54 Å². The Morgan fingerprint density at radius 1 is 1.04 bits per heavy atom. The highest BCUT2D eigenvalue weighted by Gasteiger charge is 2.23. The molecule has 0 atom stereocenters. The maximum Gasteiger partial charge on any atom is 0.345 e. The Kier molecular flexibility index (Phi) is 4.41. The number of carbonyl (C=O) groups excluding carboxylic acids is 1. The van der Waals surface area contributed by atoms with Crippen LogP contribution in [-0.2, 0) is 13.0 Å². The molecule has 1 aliphatic rings. The number of rotatable bonds is 3. The fourth-order valence-electron chi connectivity index (χ4n) is 3.38. The monoisotopic (exact) mass is 379 g/mol. The van der Waals surface area contributed by atoms with Crippen molar-refractivity contribution >= 4 is 23.2 Å². The predicted octanol–water partition coefficient (Wildman–Crippen LogP) is 4.02. The first-order valence-corrected chi connectivity index (χ1v) is 9.42. The second kappa shape index (κ2) is 6.89. The summed E-state index contributed by atoms with van der Waals surface area (Å²) in [6.45, 7) is 1.02. The first-order valence-electron chi connectivity index (χ1n) is 8.54. The molecule has 6 heteroatoms. The van der Waals surface area contributed by atoms with Crippen LogP contribution >= 0.6 is 11.3 Å². The fraction of sp³-hybridized carbons (Fsp3) is 0.143. The molecular formula is C21H17NO4S. The molecule has 2 aromatic carbocycles. The van der Waals surface area contributed by atoms with Crippen molar-refractivity contribution in [3.63, 3.8) is 0 Å². The van der Waals surface area contributed by atoms with E-state index in [-0.39, 0.29) is 16.5 Å². The van der Waals surface area contributed by atoms with Gasteiger partial charge in [0.1, 0.15) is 10.6 Å². The molecule has 0 saturated carbocycles. The number of thiophene rings is 1. The van der Waals surface area contributed by atoms with Gasteiger partial charge in [-0.25, -0.2) is 4.79 Å². The average molecular weight is 379 g/mol. The number of hydrogen-bond donors (Lipinski definition) is 2. The standard InChI is InChI=1S/C21H17NO4S/c23-18-6-2-5-15-11-22(8-7-17(15)18)20(24)14-4-1-3-13(9-14)16-10-19(21(25)26)27-12-16/h1-6,9-10,12,23H,7-8,11H2,(H,25,26). The molecule has 136 valence electrons. The third-order valence-corrected chi connectivity index (χ3v) is 5.70. The number of amides is 1. The smallest absolute Gasteiger partial charge is 0.345 e. The van der Waals surface area contributed by atoms with Gasteiger partial charge in [0.15, 0.2) is 0 Å². The van der Waals surface area contributed by atoms with Crippen LogP contribution in [0.4, 0.5) is 0 Å². The molecule has 1 aliphatic heterocycles. The van der Waals surface area contributed by atoms with E-state index in [1.165, 1.54) is 11.3 Å². The van der Waals surface area contributed by atoms with Crippen LogP contribution in [0.1, 0.15) is 31.2 Å². The Hall–Kier alpha value is -3.12. The molecule has 0 fully saturated rings. The van der Waals surface area contributed by atoms with Gasteiger partial charge in [-0.15, -0.1) is 11.3 Å². The van der Waals surface area contributed by atoms with Crippen molar-refractivity contribution in [3.05, 3.63) is 75.5 Å². The molecule has 2 heterocycles. The molecule has 27 heavy (non-hydrogen) atoms. The topological polar surface area (TPSA) is 77.8 Å². The van der Waals surface area contributed by atoms with Crippen LogP contribution in [0.5, 0.6) is 5.75 Å². The number of hydrogen-bond acceptors (Lipinski definition) is 4. The lowest BCUT2D eigenvalue weighted by Gasteiger charge is -2.29. The van der Waals surface area contributed by atoms with Gasteiger partial charge in [0.2, 0.25) is 0 Å². The Morgan fingerprint density at radius 3 is 2.63 bits per heavy atom. The summed E-state index contributed by atoms with van der Waals surface area (Å²) in [6, 6.07) is 14.3. The van der Waals surface area contributed by atoms with E-state index in [4.69, 9.17) is 5.11 Å². The van der Waals surface area contributed by atoms with Gasteiger partial charge in [-0.05, 0) is 52.8 Å². The molecule has 2 N–H and O–H groups in total. The number of phenols is 1. The first kappa shape index (κ1) is 17.3. The Morgan fingerprint density at radius 2 is 1.85 bits per heavy atom. The van der Waals surface area contributed by atoms with Gasteiger partial charge in [0.25, 0.3) is 5.91 Å². The highest BCUT2D eigenvalue weighted by molar-refractivity contribution is 7.12. The molecule has 0 bridgehead atoms. The van der Waals surface area contributed by atoms with E-state index in [1.54, 1.807) is 40.6 Å². The van der Waals surface area contributed by atoms with Crippen molar-refractivity contribution in [1.82, 2.24) is 4.90 Å². The minimum absolute atomic E-state index is 0.0699. The molecule has 1 amide bonds. The summed E-state index contributed by atoms with van der Waals surface area (Å²) in [5.41, 5.74) is 4.06. The van der Waals surface area contributed by atoms with E-state index in [2.05, 4.69) is 0 Å². The number of fused-ring (bicyclic) bond motifs is 1. The number of nitrogens with zero attached hydrogens (tertiary/aromatic N) is 1. The Labute approximate surface area is 160 Å². The molecule has 0 unspecified atom stereocenters. The number of benzene rings is 2. The zero-order valence-corrected chi connectivity index (χ0v) is 15.2. The highest BCUT2D eigenvalue weighted by atomic mass is 32.1. The van der Waals surface area contributed by atoms with Crippen LogP contribution < -0.4 is 0 Å². The number of carbonyl (C=O) groups is 2. The van der Waals surface area contributed by atoms with E-state index >= 15 is 0 Å². The summed E-state index contributed by atoms with van der Waals surface area (Å²) in [5.74, 6) is -0.735. The molecule has 0 spiro atoms. The Balaban J connectivity index is 1.58. The Bertz CT molecular complexity index is 1040. The molecular weight excluding hydrogens is 362 g/mol. The van der Waals surface area contributed by atoms with Gasteiger partial charge in [0, 0.05) is 24.2 Å². The third-order valence-electron chi connectivity index (χ3n) is 4.78. The van der Waals surface area contributed by atoms with Crippen LogP contribution in [0.3, 0.4) is 0 Å². The maximum absolute atomic E-state index is 13.0. The molecule has 0 saturated heterocycles. The summed E-state index contributed by atoms with van der Waals surface area (Å²) in [7, 11) is 0. The molecule has 1 aromatic heterocycles. The number of carboxylic acid groups (broad SMARTS) is 1. The fourth-order valence-corrected chi connectivity index (χ4v) is 4.13. The molecule has 3 aromatic rings. The van der Waals surface area contributed by atoms with E-state index in [1.807, 2.05) is 18.2 Å². The van der Waals surface area contributed by atoms with Gasteiger partial charge >= 0.3 is 5.97 Å². The highest BCUT2D eigenvalue weighted by Crippen LogP contribution is 2.29. The van der Waals surface area contributed by atoms with Gasteiger partial charge in [-0.3, -0.25) is 4.79 Å². The summed E-state index contributed by atoms with van der Waals surface area (Å²) in [5, 5.41) is 20.8. The predicted molar refractivity (Wildman–Crippen MR) is 103 cm³/mol. The summed E-state index contributed by atoms with van der Waals surface area (Å²) in [4.78, 5) is 26.1.